The maximum absolute atomic E-state index is 12.8. The molecule has 0 aliphatic heterocycles. The Morgan fingerprint density at radius 1 is 0.926 bits per heavy atom. The van der Waals surface area contributed by atoms with Gasteiger partial charge in [0, 0.05) is 0 Å². The van der Waals surface area contributed by atoms with Gasteiger partial charge in [-0.1, -0.05) is 72.3 Å². The molecule has 0 heterocycles. The van der Waals surface area contributed by atoms with Crippen molar-refractivity contribution in [1.29, 1.82) is 0 Å². The van der Waals surface area contributed by atoms with Crippen LogP contribution in [0.15, 0.2) is 72.8 Å². The summed E-state index contributed by atoms with van der Waals surface area (Å²) in [4.78, 5) is 12.8. The Morgan fingerprint density at radius 3 is 2.22 bits per heavy atom. The quantitative estimate of drug-likeness (QED) is 0.689. The second kappa shape index (κ2) is 8.54. The largest absolute Gasteiger partial charge is 0.496 e. The Hall–Kier alpha value is -3.07. The Balaban J connectivity index is 1.80. The Kier molecular flexibility index (Phi) is 5.92. The van der Waals surface area contributed by atoms with E-state index in [9.17, 15) is 4.79 Å². The number of amides is 1. The lowest BCUT2D eigenvalue weighted by molar-refractivity contribution is -0.120. The zero-order valence-electron chi connectivity index (χ0n) is 16.0. The van der Waals surface area contributed by atoms with Crippen molar-refractivity contribution in [3.05, 3.63) is 101 Å². The van der Waals surface area contributed by atoms with Crippen molar-refractivity contribution in [2.75, 3.05) is 7.11 Å². The molecule has 0 bridgehead atoms. The van der Waals surface area contributed by atoms with Gasteiger partial charge in [0.15, 0.2) is 0 Å². The lowest BCUT2D eigenvalue weighted by atomic mass is 9.97. The maximum atomic E-state index is 12.8. The van der Waals surface area contributed by atoms with Gasteiger partial charge in [-0.2, -0.15) is 0 Å². The second-order valence-corrected chi connectivity index (χ2v) is 6.80. The summed E-state index contributed by atoms with van der Waals surface area (Å²) in [6, 6.07) is 24.0. The molecule has 0 saturated heterocycles. The highest BCUT2D eigenvalue weighted by Gasteiger charge is 2.17. The van der Waals surface area contributed by atoms with Gasteiger partial charge in [0.25, 0.3) is 0 Å². The van der Waals surface area contributed by atoms with Gasteiger partial charge in [-0.25, -0.2) is 0 Å². The molecule has 0 fully saturated rings. The van der Waals surface area contributed by atoms with Crippen LogP contribution in [0.25, 0.3) is 0 Å². The maximum Gasteiger partial charge on any atom is 0.225 e. The van der Waals surface area contributed by atoms with Gasteiger partial charge in [-0.15, -0.1) is 0 Å². The molecule has 0 aliphatic rings. The Morgan fingerprint density at radius 2 is 1.59 bits per heavy atom. The van der Waals surface area contributed by atoms with Crippen molar-refractivity contribution in [3.8, 4) is 5.75 Å². The predicted octanol–water partition coefficient (Wildman–Crippen LogP) is 4.76. The summed E-state index contributed by atoms with van der Waals surface area (Å²) in [6.07, 6.45) is 0.333. The first-order valence-electron chi connectivity index (χ1n) is 9.11. The molecule has 3 aromatic rings. The van der Waals surface area contributed by atoms with Crippen molar-refractivity contribution in [3.63, 3.8) is 0 Å². The summed E-state index contributed by atoms with van der Waals surface area (Å²) < 4.78 is 5.29. The van der Waals surface area contributed by atoms with Crippen LogP contribution < -0.4 is 10.1 Å². The highest BCUT2D eigenvalue weighted by molar-refractivity contribution is 5.79. The number of carbonyl (C=O) groups excluding carboxylic acids is 1. The molecule has 0 aromatic heterocycles. The normalized spacial score (nSPS) is 11.7. The van der Waals surface area contributed by atoms with E-state index >= 15 is 0 Å². The number of rotatable bonds is 6. The predicted molar refractivity (Wildman–Crippen MR) is 109 cm³/mol. The van der Waals surface area contributed by atoms with Crippen LogP contribution in [0, 0.1) is 13.8 Å². The van der Waals surface area contributed by atoms with E-state index in [1.54, 1.807) is 7.11 Å². The van der Waals surface area contributed by atoms with E-state index in [1.165, 1.54) is 5.56 Å². The molecule has 0 spiro atoms. The monoisotopic (exact) mass is 359 g/mol. The minimum Gasteiger partial charge on any atom is -0.496 e. The van der Waals surface area contributed by atoms with E-state index in [2.05, 4.69) is 36.5 Å². The molecule has 0 saturated carbocycles. The lowest BCUT2D eigenvalue weighted by Crippen LogP contribution is -2.30. The molecule has 3 rings (SSSR count). The minimum absolute atomic E-state index is 0.00556. The van der Waals surface area contributed by atoms with Crippen molar-refractivity contribution < 1.29 is 9.53 Å². The van der Waals surface area contributed by atoms with Crippen LogP contribution in [0.5, 0.6) is 5.75 Å². The summed E-state index contributed by atoms with van der Waals surface area (Å²) in [5, 5.41) is 3.20. The van der Waals surface area contributed by atoms with E-state index in [1.807, 2.05) is 55.5 Å². The third-order valence-electron chi connectivity index (χ3n) is 4.67. The number of nitrogens with one attached hydrogen (secondary N) is 1. The van der Waals surface area contributed by atoms with Crippen molar-refractivity contribution >= 4 is 5.91 Å². The van der Waals surface area contributed by atoms with Crippen LogP contribution >= 0.6 is 0 Å². The molecule has 3 nitrogen and oxygen atoms in total. The Bertz CT molecular complexity index is 901. The van der Waals surface area contributed by atoms with Gasteiger partial charge in [0.2, 0.25) is 5.91 Å². The third-order valence-corrected chi connectivity index (χ3v) is 4.67. The number of ether oxygens (including phenoxy) is 1. The fourth-order valence-electron chi connectivity index (χ4n) is 3.21. The van der Waals surface area contributed by atoms with Crippen LogP contribution in [-0.4, -0.2) is 13.0 Å². The van der Waals surface area contributed by atoms with Crippen molar-refractivity contribution in [1.82, 2.24) is 5.32 Å². The standard InChI is InChI=1S/C24H25NO2/c1-17-9-12-21(13-10-17)24(20-7-5-4-6-8-20)25-23(26)16-19-11-14-22(27-3)18(2)15-19/h4-15,24H,16H2,1-3H3,(H,25,26)/t24-/m1/s1. The molecule has 1 amide bonds. The van der Waals surface area contributed by atoms with E-state index in [0.717, 1.165) is 28.0 Å². The first-order valence-corrected chi connectivity index (χ1v) is 9.11. The highest BCUT2D eigenvalue weighted by atomic mass is 16.5. The van der Waals surface area contributed by atoms with Gasteiger partial charge in [0.1, 0.15) is 5.75 Å². The summed E-state index contributed by atoms with van der Waals surface area (Å²) in [7, 11) is 1.65. The number of aryl methyl sites for hydroxylation is 2. The van der Waals surface area contributed by atoms with Crippen LogP contribution in [0.3, 0.4) is 0 Å². The Labute approximate surface area is 161 Å². The second-order valence-electron chi connectivity index (χ2n) is 6.80. The molecule has 0 radical (unpaired) electrons. The zero-order chi connectivity index (χ0) is 19.2. The number of methoxy groups -OCH3 is 1. The van der Waals surface area contributed by atoms with E-state index < -0.39 is 0 Å². The van der Waals surface area contributed by atoms with Crippen LogP contribution in [0.4, 0.5) is 0 Å². The zero-order valence-corrected chi connectivity index (χ0v) is 16.0. The van der Waals surface area contributed by atoms with Gasteiger partial charge in [-0.05, 0) is 42.2 Å². The number of carbonyl (C=O) groups is 1. The summed E-state index contributed by atoms with van der Waals surface area (Å²) in [5.41, 5.74) is 5.35. The van der Waals surface area contributed by atoms with Gasteiger partial charge < -0.3 is 10.1 Å². The number of hydrogen-bond acceptors (Lipinski definition) is 2. The van der Waals surface area contributed by atoms with E-state index in [0.29, 0.717) is 6.42 Å². The topological polar surface area (TPSA) is 38.3 Å². The fraction of sp³-hybridized carbons (Fsp3) is 0.208. The third kappa shape index (κ3) is 4.76. The van der Waals surface area contributed by atoms with E-state index in [4.69, 9.17) is 4.74 Å². The summed E-state index contributed by atoms with van der Waals surface area (Å²) in [5.74, 6) is 0.829. The first-order chi connectivity index (χ1) is 13.1. The van der Waals surface area contributed by atoms with Crippen LogP contribution in [0.1, 0.15) is 33.9 Å². The molecule has 1 atom stereocenters. The van der Waals surface area contributed by atoms with Gasteiger partial charge in [-0.3, -0.25) is 4.79 Å². The smallest absolute Gasteiger partial charge is 0.225 e. The molecule has 3 heteroatoms. The number of benzene rings is 3. The average molecular weight is 359 g/mol. The average Bonchev–Trinajstić information content (AvgIpc) is 2.68. The summed E-state index contributed by atoms with van der Waals surface area (Å²) in [6.45, 7) is 4.05. The molecular formula is C24H25NO2. The molecule has 138 valence electrons. The van der Waals surface area contributed by atoms with Gasteiger partial charge in [0.05, 0.1) is 19.6 Å². The van der Waals surface area contributed by atoms with Gasteiger partial charge >= 0.3 is 0 Å². The van der Waals surface area contributed by atoms with Crippen LogP contribution in [-0.2, 0) is 11.2 Å². The molecule has 0 aliphatic carbocycles. The molecule has 1 N–H and O–H groups in total. The molecule has 3 aromatic carbocycles. The molecular weight excluding hydrogens is 334 g/mol. The number of hydrogen-bond donors (Lipinski definition) is 1. The fourth-order valence-corrected chi connectivity index (χ4v) is 3.21. The molecule has 27 heavy (non-hydrogen) atoms. The lowest BCUT2D eigenvalue weighted by Gasteiger charge is -2.20. The molecule has 0 unspecified atom stereocenters. The van der Waals surface area contributed by atoms with Crippen molar-refractivity contribution in [2.24, 2.45) is 0 Å². The highest BCUT2D eigenvalue weighted by Crippen LogP contribution is 2.23. The van der Waals surface area contributed by atoms with Crippen LogP contribution in [0.2, 0.25) is 0 Å². The SMILES string of the molecule is COc1ccc(CC(=O)N[C@H](c2ccccc2)c2ccc(C)cc2)cc1C. The first kappa shape index (κ1) is 18.7. The minimum atomic E-state index is -0.168. The van der Waals surface area contributed by atoms with Crippen molar-refractivity contribution in [2.45, 2.75) is 26.3 Å². The van der Waals surface area contributed by atoms with E-state index in [-0.39, 0.29) is 11.9 Å². The summed E-state index contributed by atoms with van der Waals surface area (Å²) >= 11 is 0.